The van der Waals surface area contributed by atoms with Gasteiger partial charge in [0.25, 0.3) is 5.69 Å². The average Bonchev–Trinajstić information content (AvgIpc) is 2.25. The fourth-order valence-corrected chi connectivity index (χ4v) is 1.63. The molecule has 0 saturated carbocycles. The number of alkyl halides is 4. The zero-order valence-corrected chi connectivity index (χ0v) is 10.4. The lowest BCUT2D eigenvalue weighted by Crippen LogP contribution is -2.19. The molecule has 0 fully saturated rings. The van der Waals surface area contributed by atoms with Crippen molar-refractivity contribution in [3.05, 3.63) is 21.7 Å². The molecule has 18 heavy (non-hydrogen) atoms. The standard InChI is InChI=1S/C8H6BrF3N2O4/c1-17-6-2-5(14(15)16)4(3-9)7(13-6)18-8(10,11)12/h2H,3H2,1H3. The van der Waals surface area contributed by atoms with Gasteiger partial charge in [0.2, 0.25) is 11.8 Å². The van der Waals surface area contributed by atoms with Gasteiger partial charge < -0.3 is 9.47 Å². The van der Waals surface area contributed by atoms with Gasteiger partial charge in [-0.2, -0.15) is 4.98 Å². The lowest BCUT2D eigenvalue weighted by atomic mass is 10.2. The summed E-state index contributed by atoms with van der Waals surface area (Å²) in [5.41, 5.74) is -0.892. The van der Waals surface area contributed by atoms with Crippen molar-refractivity contribution in [1.29, 1.82) is 0 Å². The van der Waals surface area contributed by atoms with E-state index in [9.17, 15) is 23.3 Å². The van der Waals surface area contributed by atoms with E-state index in [-0.39, 0.29) is 16.8 Å². The van der Waals surface area contributed by atoms with Crippen LogP contribution in [0.4, 0.5) is 18.9 Å². The highest BCUT2D eigenvalue weighted by Gasteiger charge is 2.35. The van der Waals surface area contributed by atoms with Gasteiger partial charge >= 0.3 is 6.36 Å². The van der Waals surface area contributed by atoms with Gasteiger partial charge in [0, 0.05) is 5.33 Å². The SMILES string of the molecule is COc1cc([N+](=O)[O-])c(CBr)c(OC(F)(F)F)n1. The van der Waals surface area contributed by atoms with Crippen LogP contribution in [0, 0.1) is 10.1 Å². The van der Waals surface area contributed by atoms with Crippen molar-refractivity contribution < 1.29 is 27.6 Å². The highest BCUT2D eigenvalue weighted by Crippen LogP contribution is 2.35. The number of nitrogens with zero attached hydrogens (tertiary/aromatic N) is 2. The minimum absolute atomic E-state index is 0.217. The zero-order chi connectivity index (χ0) is 13.9. The molecule has 0 N–H and O–H groups in total. The Morgan fingerprint density at radius 2 is 2.17 bits per heavy atom. The molecule has 100 valence electrons. The molecule has 0 radical (unpaired) electrons. The van der Waals surface area contributed by atoms with Crippen LogP contribution in [0.15, 0.2) is 6.07 Å². The van der Waals surface area contributed by atoms with Crippen molar-refractivity contribution in [3.63, 3.8) is 0 Å². The van der Waals surface area contributed by atoms with E-state index in [0.717, 1.165) is 13.2 Å². The number of hydrogen-bond donors (Lipinski definition) is 0. The second-order valence-corrected chi connectivity index (χ2v) is 3.47. The predicted octanol–water partition coefficient (Wildman–Crippen LogP) is 2.79. The van der Waals surface area contributed by atoms with Gasteiger partial charge in [-0.25, -0.2) is 0 Å². The van der Waals surface area contributed by atoms with E-state index in [1.807, 2.05) is 0 Å². The van der Waals surface area contributed by atoms with Gasteiger partial charge in [0.05, 0.1) is 18.1 Å². The summed E-state index contributed by atoms with van der Waals surface area (Å²) in [6.45, 7) is 0. The van der Waals surface area contributed by atoms with Gasteiger partial charge in [-0.1, -0.05) is 15.9 Å². The first-order valence-electron chi connectivity index (χ1n) is 4.32. The van der Waals surface area contributed by atoms with Crippen LogP contribution in [-0.2, 0) is 5.33 Å². The first-order valence-corrected chi connectivity index (χ1v) is 5.44. The zero-order valence-electron chi connectivity index (χ0n) is 8.82. The van der Waals surface area contributed by atoms with Crippen LogP contribution >= 0.6 is 15.9 Å². The smallest absolute Gasteiger partial charge is 0.481 e. The largest absolute Gasteiger partial charge is 0.574 e. The number of methoxy groups -OCH3 is 1. The van der Waals surface area contributed by atoms with E-state index in [0.29, 0.717) is 0 Å². The van der Waals surface area contributed by atoms with E-state index in [1.54, 1.807) is 0 Å². The molecule has 0 aliphatic heterocycles. The number of aromatic nitrogens is 1. The molecule has 10 heteroatoms. The summed E-state index contributed by atoms with van der Waals surface area (Å²) in [6.07, 6.45) is -5.00. The number of ether oxygens (including phenoxy) is 2. The molecule has 0 atom stereocenters. The Balaban J connectivity index is 3.37. The van der Waals surface area contributed by atoms with Gasteiger partial charge in [0.15, 0.2) is 0 Å². The summed E-state index contributed by atoms with van der Waals surface area (Å²) in [5.74, 6) is -1.25. The monoisotopic (exact) mass is 330 g/mol. The topological polar surface area (TPSA) is 74.5 Å². The quantitative estimate of drug-likeness (QED) is 0.482. The number of nitro groups is 1. The van der Waals surface area contributed by atoms with E-state index < -0.39 is 22.9 Å². The Bertz CT molecular complexity index is 466. The van der Waals surface area contributed by atoms with Crippen LogP contribution in [0.5, 0.6) is 11.8 Å². The highest BCUT2D eigenvalue weighted by molar-refractivity contribution is 9.08. The third-order valence-electron chi connectivity index (χ3n) is 1.79. The van der Waals surface area contributed by atoms with E-state index >= 15 is 0 Å². The molecule has 0 unspecified atom stereocenters. The van der Waals surface area contributed by atoms with Gasteiger partial charge in [0.1, 0.15) is 5.56 Å². The molecule has 0 aliphatic carbocycles. The molecular weight excluding hydrogens is 325 g/mol. The summed E-state index contributed by atoms with van der Waals surface area (Å²) < 4.78 is 44.6. The van der Waals surface area contributed by atoms with Crippen molar-refractivity contribution in [1.82, 2.24) is 4.98 Å². The number of hydrogen-bond acceptors (Lipinski definition) is 5. The molecular formula is C8H6BrF3N2O4. The second kappa shape index (κ2) is 5.38. The van der Waals surface area contributed by atoms with Crippen molar-refractivity contribution in [2.75, 3.05) is 7.11 Å². The number of rotatable bonds is 4. The maximum Gasteiger partial charge on any atom is 0.574 e. The molecule has 0 aromatic carbocycles. The van der Waals surface area contributed by atoms with Gasteiger partial charge in [-0.05, 0) is 0 Å². The Morgan fingerprint density at radius 1 is 1.56 bits per heavy atom. The lowest BCUT2D eigenvalue weighted by Gasteiger charge is -2.12. The predicted molar refractivity (Wildman–Crippen MR) is 56.8 cm³/mol. The molecule has 6 nitrogen and oxygen atoms in total. The van der Waals surface area contributed by atoms with Crippen LogP contribution in [0.2, 0.25) is 0 Å². The Labute approximate surface area is 107 Å². The fourth-order valence-electron chi connectivity index (χ4n) is 1.10. The van der Waals surface area contributed by atoms with Crippen molar-refractivity contribution in [3.8, 4) is 11.8 Å². The summed E-state index contributed by atoms with van der Waals surface area (Å²) in [4.78, 5) is 13.3. The van der Waals surface area contributed by atoms with Crippen LogP contribution in [0.25, 0.3) is 0 Å². The second-order valence-electron chi connectivity index (χ2n) is 2.91. The normalized spacial score (nSPS) is 11.2. The molecule has 0 amide bonds. The number of pyridine rings is 1. The van der Waals surface area contributed by atoms with Gasteiger partial charge in [-0.15, -0.1) is 13.2 Å². The molecule has 0 spiro atoms. The van der Waals surface area contributed by atoms with E-state index in [4.69, 9.17) is 0 Å². The molecule has 0 bridgehead atoms. The minimum atomic E-state index is -5.00. The lowest BCUT2D eigenvalue weighted by molar-refractivity contribution is -0.385. The van der Waals surface area contributed by atoms with Crippen LogP contribution in [0.3, 0.4) is 0 Å². The summed E-state index contributed by atoms with van der Waals surface area (Å²) >= 11 is 2.85. The number of halogens is 4. The molecule has 1 rings (SSSR count). The molecule has 1 aromatic heterocycles. The maximum atomic E-state index is 12.1. The molecule has 0 saturated heterocycles. The van der Waals surface area contributed by atoms with Crippen molar-refractivity contribution in [2.24, 2.45) is 0 Å². The Kier molecular flexibility index (Phi) is 4.33. The molecule has 1 aromatic rings. The Morgan fingerprint density at radius 3 is 2.56 bits per heavy atom. The van der Waals surface area contributed by atoms with Gasteiger partial charge in [-0.3, -0.25) is 10.1 Å². The van der Waals surface area contributed by atoms with Crippen LogP contribution < -0.4 is 9.47 Å². The highest BCUT2D eigenvalue weighted by atomic mass is 79.9. The van der Waals surface area contributed by atoms with Crippen molar-refractivity contribution >= 4 is 21.6 Å². The summed E-state index contributed by atoms with van der Waals surface area (Å²) in [7, 11) is 1.12. The fraction of sp³-hybridized carbons (Fsp3) is 0.375. The maximum absolute atomic E-state index is 12.1. The summed E-state index contributed by atoms with van der Waals surface area (Å²) in [6, 6.07) is 0.916. The minimum Gasteiger partial charge on any atom is -0.481 e. The summed E-state index contributed by atoms with van der Waals surface area (Å²) in [5, 5.41) is 10.5. The van der Waals surface area contributed by atoms with E-state index in [2.05, 4.69) is 30.4 Å². The van der Waals surface area contributed by atoms with Crippen LogP contribution in [0.1, 0.15) is 5.56 Å². The first kappa shape index (κ1) is 14.5. The van der Waals surface area contributed by atoms with Crippen LogP contribution in [-0.4, -0.2) is 23.4 Å². The molecule has 0 aliphatic rings. The third kappa shape index (κ3) is 3.45. The van der Waals surface area contributed by atoms with Crippen molar-refractivity contribution in [2.45, 2.75) is 11.7 Å². The Hall–Kier alpha value is -1.58. The average molecular weight is 331 g/mol. The first-order chi connectivity index (χ1) is 8.28. The third-order valence-corrected chi connectivity index (χ3v) is 2.35. The molecule has 1 heterocycles. The van der Waals surface area contributed by atoms with E-state index in [1.165, 1.54) is 0 Å².